The van der Waals surface area contributed by atoms with Crippen molar-refractivity contribution in [2.45, 2.75) is 59.9 Å². The van der Waals surface area contributed by atoms with Gasteiger partial charge in [-0.15, -0.1) is 18.3 Å². The van der Waals surface area contributed by atoms with Crippen molar-refractivity contribution in [3.8, 4) is 0 Å². The minimum Gasteiger partial charge on any atom is -0.466 e. The fourth-order valence-electron chi connectivity index (χ4n) is 6.16. The molecule has 4 rings (SSSR count). The van der Waals surface area contributed by atoms with Gasteiger partial charge >= 0.3 is 5.97 Å². The van der Waals surface area contributed by atoms with Crippen LogP contribution in [0.15, 0.2) is 36.9 Å². The molecule has 7 nitrogen and oxygen atoms in total. The summed E-state index contributed by atoms with van der Waals surface area (Å²) in [6.45, 7) is 6.64. The van der Waals surface area contributed by atoms with Crippen molar-refractivity contribution in [3.05, 3.63) is 41.9 Å². The minimum absolute atomic E-state index is 0.0103. The van der Waals surface area contributed by atoms with Crippen LogP contribution in [0.25, 0.3) is 0 Å². The highest BCUT2D eigenvalue weighted by atomic mass is 79.9. The van der Waals surface area contributed by atoms with E-state index in [0.717, 1.165) is 12.8 Å². The summed E-state index contributed by atoms with van der Waals surface area (Å²) in [6, 6.07) is 6.42. The standard InChI is InChI=1S/C27H34BrClN2O5S/c1-3-13-30(19-12-8-7-11-18(19)29)25(34)23-27-16-17(28)22(37-27)20(26(35)36-4-2)21(27)24(33)31(23)14-9-5-6-10-15-32/h3,7-8,11-12,17,20-23,32H,1,4-6,9-10,13-16H2,2H3/t17?,20-,21+,22-,23?,27?/m1/s1. The molecule has 3 saturated heterocycles. The van der Waals surface area contributed by atoms with Crippen LogP contribution in [0.5, 0.6) is 0 Å². The van der Waals surface area contributed by atoms with Crippen LogP contribution in [0.2, 0.25) is 5.02 Å². The van der Waals surface area contributed by atoms with Crippen LogP contribution in [0.1, 0.15) is 39.0 Å². The fraction of sp³-hybridized carbons (Fsp3) is 0.593. The lowest BCUT2D eigenvalue weighted by Crippen LogP contribution is -2.55. The number of benzene rings is 1. The van der Waals surface area contributed by atoms with Crippen LogP contribution < -0.4 is 4.90 Å². The Labute approximate surface area is 236 Å². The van der Waals surface area contributed by atoms with E-state index in [2.05, 4.69) is 22.5 Å². The Bertz CT molecular complexity index is 1040. The summed E-state index contributed by atoms with van der Waals surface area (Å²) >= 11 is 11.9. The molecule has 1 N–H and O–H groups in total. The summed E-state index contributed by atoms with van der Waals surface area (Å²) in [4.78, 5) is 44.9. The normalized spacial score (nSPS) is 29.9. The number of fused-ring (bicyclic) bond motifs is 1. The molecule has 3 unspecified atom stereocenters. The number of ether oxygens (including phenoxy) is 1. The molecule has 0 radical (unpaired) electrons. The van der Waals surface area contributed by atoms with E-state index in [4.69, 9.17) is 21.4 Å². The van der Waals surface area contributed by atoms with Gasteiger partial charge in [0.05, 0.1) is 33.9 Å². The molecule has 1 aromatic carbocycles. The molecule has 6 atom stereocenters. The first-order valence-electron chi connectivity index (χ1n) is 12.9. The second-order valence-corrected chi connectivity index (χ2v) is 12.9. The van der Waals surface area contributed by atoms with Gasteiger partial charge in [0.1, 0.15) is 6.04 Å². The number of carbonyl (C=O) groups excluding carboxylic acids is 3. The molecule has 3 heterocycles. The Kier molecular flexibility index (Phi) is 9.30. The number of nitrogens with zero attached hydrogens (tertiary/aromatic N) is 2. The number of anilines is 1. The van der Waals surface area contributed by atoms with E-state index in [1.54, 1.807) is 46.7 Å². The topological polar surface area (TPSA) is 87.2 Å². The Morgan fingerprint density at radius 1 is 1.32 bits per heavy atom. The highest BCUT2D eigenvalue weighted by Gasteiger charge is 2.76. The largest absolute Gasteiger partial charge is 0.466 e. The number of rotatable bonds is 12. The van der Waals surface area contributed by atoms with Crippen LogP contribution in [-0.4, -0.2) is 75.0 Å². The number of hydrogen-bond acceptors (Lipinski definition) is 6. The minimum atomic E-state index is -0.742. The predicted octanol–water partition coefficient (Wildman–Crippen LogP) is 4.44. The van der Waals surface area contributed by atoms with Gasteiger partial charge in [0.15, 0.2) is 0 Å². The number of halogens is 2. The second kappa shape index (κ2) is 12.1. The molecule has 3 aliphatic rings. The molecule has 0 aromatic heterocycles. The lowest BCUT2D eigenvalue weighted by Gasteiger charge is -2.38. The van der Waals surface area contributed by atoms with Crippen molar-refractivity contribution in [2.75, 3.05) is 31.2 Å². The summed E-state index contributed by atoms with van der Waals surface area (Å²) in [7, 11) is 0. The van der Waals surface area contributed by atoms with Gasteiger partial charge < -0.3 is 19.6 Å². The quantitative estimate of drug-likeness (QED) is 0.162. The first-order chi connectivity index (χ1) is 17.8. The lowest BCUT2D eigenvalue weighted by molar-refractivity contribution is -0.153. The van der Waals surface area contributed by atoms with Crippen LogP contribution in [0, 0.1) is 11.8 Å². The third-order valence-corrected chi connectivity index (χ3v) is 11.1. The van der Waals surface area contributed by atoms with E-state index in [-0.39, 0.29) is 47.6 Å². The van der Waals surface area contributed by atoms with E-state index in [1.807, 2.05) is 12.1 Å². The Morgan fingerprint density at radius 2 is 2.05 bits per heavy atom. The molecule has 37 heavy (non-hydrogen) atoms. The van der Waals surface area contributed by atoms with E-state index in [1.165, 1.54) is 0 Å². The average molecular weight is 614 g/mol. The maximum absolute atomic E-state index is 14.5. The van der Waals surface area contributed by atoms with Crippen molar-refractivity contribution < 1.29 is 24.2 Å². The van der Waals surface area contributed by atoms with Crippen molar-refractivity contribution in [1.82, 2.24) is 4.90 Å². The number of aliphatic hydroxyl groups excluding tert-OH is 1. The number of para-hydroxylation sites is 1. The van der Waals surface area contributed by atoms with E-state index in [9.17, 15) is 14.4 Å². The highest BCUT2D eigenvalue weighted by molar-refractivity contribution is 9.09. The Hall–Kier alpha value is -1.55. The molecule has 2 amide bonds. The number of aliphatic hydroxyl groups is 1. The predicted molar refractivity (Wildman–Crippen MR) is 150 cm³/mol. The van der Waals surface area contributed by atoms with Gasteiger partial charge in [0.25, 0.3) is 5.91 Å². The molecule has 0 saturated carbocycles. The van der Waals surface area contributed by atoms with Gasteiger partial charge in [0, 0.05) is 29.8 Å². The van der Waals surface area contributed by atoms with Crippen LogP contribution in [-0.2, 0) is 19.1 Å². The summed E-state index contributed by atoms with van der Waals surface area (Å²) in [5.74, 6) is -1.94. The SMILES string of the molecule is C=CCN(C(=O)C1N(CCCCCCO)C(=O)[C@@H]2[C@@H](C(=O)OCC)[C@@H]3SC12CC3Br)c1ccccc1Cl. The Morgan fingerprint density at radius 3 is 2.73 bits per heavy atom. The number of likely N-dealkylation sites (tertiary alicyclic amines) is 1. The van der Waals surface area contributed by atoms with Crippen molar-refractivity contribution in [3.63, 3.8) is 0 Å². The maximum Gasteiger partial charge on any atom is 0.310 e. The third kappa shape index (κ3) is 5.09. The average Bonchev–Trinajstić information content (AvgIpc) is 3.46. The third-order valence-electron chi connectivity index (χ3n) is 7.61. The first kappa shape index (κ1) is 28.5. The molecule has 3 fully saturated rings. The Balaban J connectivity index is 1.74. The number of carbonyl (C=O) groups is 3. The van der Waals surface area contributed by atoms with Gasteiger partial charge in [-0.3, -0.25) is 14.4 Å². The molecule has 10 heteroatoms. The maximum atomic E-state index is 14.5. The number of amides is 2. The molecule has 1 spiro atoms. The van der Waals surface area contributed by atoms with Gasteiger partial charge in [0.2, 0.25) is 5.91 Å². The highest BCUT2D eigenvalue weighted by Crippen LogP contribution is 2.68. The van der Waals surface area contributed by atoms with Crippen LogP contribution in [0.4, 0.5) is 5.69 Å². The summed E-state index contributed by atoms with van der Waals surface area (Å²) in [6.07, 6.45) is 5.36. The lowest BCUT2D eigenvalue weighted by atomic mass is 9.71. The van der Waals surface area contributed by atoms with Gasteiger partial charge in [-0.1, -0.05) is 58.6 Å². The molecule has 1 aromatic rings. The van der Waals surface area contributed by atoms with E-state index >= 15 is 0 Å². The van der Waals surface area contributed by atoms with Crippen LogP contribution in [0.3, 0.4) is 0 Å². The second-order valence-electron chi connectivity index (χ2n) is 9.77. The van der Waals surface area contributed by atoms with Gasteiger partial charge in [-0.2, -0.15) is 0 Å². The smallest absolute Gasteiger partial charge is 0.310 e. The molecular formula is C27H34BrClN2O5S. The zero-order valence-electron chi connectivity index (χ0n) is 21.0. The number of unbranched alkanes of at least 4 members (excludes halogenated alkanes) is 3. The molecule has 0 aliphatic carbocycles. The van der Waals surface area contributed by atoms with Crippen molar-refractivity contribution in [1.29, 1.82) is 0 Å². The number of thioether (sulfide) groups is 1. The summed E-state index contributed by atoms with van der Waals surface area (Å²) in [5, 5.41) is 9.43. The summed E-state index contributed by atoms with van der Waals surface area (Å²) in [5.41, 5.74) is 0.569. The van der Waals surface area contributed by atoms with Crippen molar-refractivity contribution >= 4 is 62.8 Å². The van der Waals surface area contributed by atoms with Gasteiger partial charge in [-0.25, -0.2) is 0 Å². The molecule has 3 aliphatic heterocycles. The molecule has 2 bridgehead atoms. The van der Waals surface area contributed by atoms with E-state index < -0.39 is 22.6 Å². The molecular weight excluding hydrogens is 580 g/mol. The zero-order valence-corrected chi connectivity index (χ0v) is 24.1. The number of esters is 1. The fourth-order valence-corrected chi connectivity index (χ4v) is 9.99. The summed E-state index contributed by atoms with van der Waals surface area (Å²) < 4.78 is 4.67. The monoisotopic (exact) mass is 612 g/mol. The van der Waals surface area contributed by atoms with E-state index in [0.29, 0.717) is 36.5 Å². The van der Waals surface area contributed by atoms with Crippen molar-refractivity contribution in [2.24, 2.45) is 11.8 Å². The molecule has 202 valence electrons. The van der Waals surface area contributed by atoms with Gasteiger partial charge in [-0.05, 0) is 38.3 Å². The van der Waals surface area contributed by atoms with Crippen LogP contribution >= 0.6 is 39.3 Å². The first-order valence-corrected chi connectivity index (χ1v) is 15.1. The zero-order chi connectivity index (χ0) is 26.7. The number of alkyl halides is 1. The number of hydrogen-bond donors (Lipinski definition) is 1.